The Kier molecular flexibility index (Phi) is 5.12. The minimum Gasteiger partial charge on any atom is -0.464 e. The minimum atomic E-state index is -0.461. The van der Waals surface area contributed by atoms with Crippen LogP contribution >= 0.6 is 12.4 Å². The van der Waals surface area contributed by atoms with Gasteiger partial charge in [-0.1, -0.05) is 36.4 Å². The second-order valence-corrected chi connectivity index (χ2v) is 8.77. The van der Waals surface area contributed by atoms with Crippen LogP contribution in [0.5, 0.6) is 0 Å². The molecule has 0 bridgehead atoms. The van der Waals surface area contributed by atoms with Crippen molar-refractivity contribution >= 4 is 52.2 Å². The molecule has 0 radical (unpaired) electrons. The zero-order valence-corrected chi connectivity index (χ0v) is 19.7. The average molecular weight is 498 g/mol. The maximum absolute atomic E-state index is 13.2. The third-order valence-electron chi connectivity index (χ3n) is 6.81. The van der Waals surface area contributed by atoms with Crippen molar-refractivity contribution in [2.24, 2.45) is 4.99 Å². The van der Waals surface area contributed by atoms with Gasteiger partial charge in [-0.25, -0.2) is 4.98 Å². The van der Waals surface area contributed by atoms with Gasteiger partial charge in [0.15, 0.2) is 0 Å². The second-order valence-electron chi connectivity index (χ2n) is 8.77. The number of anilines is 1. The van der Waals surface area contributed by atoms with E-state index < -0.39 is 11.8 Å². The van der Waals surface area contributed by atoms with Gasteiger partial charge in [0.25, 0.3) is 11.8 Å². The molecule has 3 aliphatic heterocycles. The van der Waals surface area contributed by atoms with E-state index in [-0.39, 0.29) is 29.6 Å². The number of aliphatic imine (C=N–C) groups is 1. The number of hydrogen-bond donors (Lipinski definition) is 2. The van der Waals surface area contributed by atoms with Crippen molar-refractivity contribution in [3.63, 3.8) is 0 Å². The molecule has 3 aliphatic rings. The number of furan rings is 1. The Bertz CT molecular complexity index is 1630. The number of rotatable bonds is 4. The average Bonchev–Trinajstić information content (AvgIpc) is 3.62. The first-order chi connectivity index (χ1) is 17.2. The van der Waals surface area contributed by atoms with Crippen molar-refractivity contribution in [1.29, 1.82) is 0 Å². The molecule has 7 rings (SSSR count). The van der Waals surface area contributed by atoms with Crippen molar-refractivity contribution in [3.05, 3.63) is 102 Å². The van der Waals surface area contributed by atoms with Crippen molar-refractivity contribution < 1.29 is 14.0 Å². The number of carbonyl (C=O) groups excluding carboxylic acids is 2. The number of imidazole rings is 1. The fraction of sp³-hybridized carbons (Fsp3) is 0.111. The molecule has 0 spiro atoms. The minimum absolute atomic E-state index is 0. The number of aromatic amines is 1. The highest BCUT2D eigenvalue weighted by Gasteiger charge is 2.39. The van der Waals surface area contributed by atoms with Gasteiger partial charge in [0.2, 0.25) is 0 Å². The SMILES string of the molecule is Cl.O=C1NC(=O)C(c2cccc3ccoc23)=C1C1=NC=CN2c3c(cccc31)CC2Cc1ncc[nH]1. The van der Waals surface area contributed by atoms with E-state index in [2.05, 4.69) is 26.3 Å². The number of amides is 2. The van der Waals surface area contributed by atoms with E-state index in [1.807, 2.05) is 42.7 Å². The van der Waals surface area contributed by atoms with Crippen LogP contribution in [0.2, 0.25) is 0 Å². The highest BCUT2D eigenvalue weighted by molar-refractivity contribution is 6.48. The molecule has 1 unspecified atom stereocenters. The summed E-state index contributed by atoms with van der Waals surface area (Å²) in [6.45, 7) is 0. The van der Waals surface area contributed by atoms with Gasteiger partial charge < -0.3 is 14.3 Å². The van der Waals surface area contributed by atoms with Crippen molar-refractivity contribution in [2.45, 2.75) is 18.9 Å². The Labute approximate surface area is 211 Å². The van der Waals surface area contributed by atoms with Gasteiger partial charge in [-0.05, 0) is 18.1 Å². The maximum Gasteiger partial charge on any atom is 0.261 e. The van der Waals surface area contributed by atoms with E-state index in [0.29, 0.717) is 16.9 Å². The van der Waals surface area contributed by atoms with Gasteiger partial charge >= 0.3 is 0 Å². The molecule has 2 N–H and O–H groups in total. The van der Waals surface area contributed by atoms with Crippen molar-refractivity contribution in [3.8, 4) is 0 Å². The Morgan fingerprint density at radius 2 is 1.86 bits per heavy atom. The van der Waals surface area contributed by atoms with Crippen LogP contribution in [0, 0.1) is 0 Å². The summed E-state index contributed by atoms with van der Waals surface area (Å²) in [5.74, 6) is 0.00213. The van der Waals surface area contributed by atoms with E-state index in [0.717, 1.165) is 35.3 Å². The standard InChI is InChI=1S/C27H19N5O3.ClH/c33-26-21(18-5-1-3-15-7-12-35-25(15)18)22(27(34)31-26)23-19-6-2-4-16-13-17(14-20-28-8-9-29-20)32(24(16)19)11-10-30-23;/h1-12,17H,13-14H2,(H,28,29)(H,31,33,34);1H. The van der Waals surface area contributed by atoms with Gasteiger partial charge in [0, 0.05) is 53.8 Å². The summed E-state index contributed by atoms with van der Waals surface area (Å²) < 4.78 is 5.69. The molecule has 2 aromatic carbocycles. The molecule has 0 fully saturated rings. The summed E-state index contributed by atoms with van der Waals surface area (Å²) in [5.41, 5.74) is 5.13. The maximum atomic E-state index is 13.2. The summed E-state index contributed by atoms with van der Waals surface area (Å²) in [6.07, 6.45) is 10.4. The Morgan fingerprint density at radius 3 is 2.72 bits per heavy atom. The fourth-order valence-corrected chi connectivity index (χ4v) is 5.36. The summed E-state index contributed by atoms with van der Waals surface area (Å²) in [5, 5.41) is 3.33. The predicted octanol–water partition coefficient (Wildman–Crippen LogP) is 3.94. The van der Waals surface area contributed by atoms with Gasteiger partial charge in [0.1, 0.15) is 11.4 Å². The second kappa shape index (κ2) is 8.35. The van der Waals surface area contributed by atoms with Crippen LogP contribution in [-0.4, -0.2) is 33.5 Å². The lowest BCUT2D eigenvalue weighted by Gasteiger charge is -2.23. The first-order valence-electron chi connectivity index (χ1n) is 11.4. The van der Waals surface area contributed by atoms with E-state index >= 15 is 0 Å². The number of imide groups is 1. The molecule has 36 heavy (non-hydrogen) atoms. The molecule has 4 aromatic rings. The van der Waals surface area contributed by atoms with Gasteiger partial charge in [0.05, 0.1) is 28.8 Å². The Morgan fingerprint density at radius 1 is 1.03 bits per heavy atom. The molecule has 0 saturated heterocycles. The number of halogens is 1. The zero-order chi connectivity index (χ0) is 23.5. The van der Waals surface area contributed by atoms with Crippen molar-refractivity contribution in [2.75, 3.05) is 4.90 Å². The molecule has 9 heteroatoms. The summed E-state index contributed by atoms with van der Waals surface area (Å²) in [6, 6.07) is 13.6. The lowest BCUT2D eigenvalue weighted by atomic mass is 9.92. The molecular formula is C27H20ClN5O3. The number of hydrogen-bond acceptors (Lipinski definition) is 6. The molecular weight excluding hydrogens is 478 g/mol. The normalized spacial score (nSPS) is 18.3. The largest absolute Gasteiger partial charge is 0.464 e. The smallest absolute Gasteiger partial charge is 0.261 e. The molecule has 0 aliphatic carbocycles. The van der Waals surface area contributed by atoms with Gasteiger partial charge in [-0.3, -0.25) is 19.9 Å². The quantitative estimate of drug-likeness (QED) is 0.416. The lowest BCUT2D eigenvalue weighted by Crippen LogP contribution is -2.30. The number of aromatic nitrogens is 2. The lowest BCUT2D eigenvalue weighted by molar-refractivity contribution is -0.123. The number of benzene rings is 2. The number of nitrogens with one attached hydrogen (secondary N) is 2. The molecule has 5 heterocycles. The van der Waals surface area contributed by atoms with Gasteiger partial charge in [-0.15, -0.1) is 12.4 Å². The highest BCUT2D eigenvalue weighted by Crippen LogP contribution is 2.41. The number of H-pyrrole nitrogens is 1. The van der Waals surface area contributed by atoms with Crippen LogP contribution in [0.25, 0.3) is 16.5 Å². The molecule has 178 valence electrons. The summed E-state index contributed by atoms with van der Waals surface area (Å²) in [7, 11) is 0. The molecule has 0 saturated carbocycles. The van der Waals surface area contributed by atoms with Crippen LogP contribution in [0.1, 0.15) is 22.5 Å². The number of carbonyl (C=O) groups is 2. The van der Waals surface area contributed by atoms with Crippen LogP contribution in [0.3, 0.4) is 0 Å². The molecule has 8 nitrogen and oxygen atoms in total. The van der Waals surface area contributed by atoms with E-state index in [1.54, 1.807) is 24.7 Å². The van der Waals surface area contributed by atoms with Crippen LogP contribution in [0.15, 0.2) is 88.5 Å². The van der Waals surface area contributed by atoms with E-state index in [4.69, 9.17) is 9.41 Å². The summed E-state index contributed by atoms with van der Waals surface area (Å²) >= 11 is 0. The van der Waals surface area contributed by atoms with Gasteiger partial charge in [-0.2, -0.15) is 0 Å². The third-order valence-corrected chi connectivity index (χ3v) is 6.81. The first kappa shape index (κ1) is 22.1. The Balaban J connectivity index is 0.00000240. The number of para-hydroxylation sites is 2. The number of fused-ring (bicyclic) bond motifs is 1. The topological polar surface area (TPSA) is 104 Å². The zero-order valence-electron chi connectivity index (χ0n) is 18.9. The van der Waals surface area contributed by atoms with E-state index in [9.17, 15) is 9.59 Å². The van der Waals surface area contributed by atoms with Crippen LogP contribution < -0.4 is 10.2 Å². The first-order valence-corrected chi connectivity index (χ1v) is 11.4. The van der Waals surface area contributed by atoms with Crippen LogP contribution in [0.4, 0.5) is 5.69 Å². The van der Waals surface area contributed by atoms with Crippen molar-refractivity contribution in [1.82, 2.24) is 15.3 Å². The monoisotopic (exact) mass is 497 g/mol. The molecule has 2 aromatic heterocycles. The molecule has 1 atom stereocenters. The van der Waals surface area contributed by atoms with E-state index in [1.165, 1.54) is 5.56 Å². The highest BCUT2D eigenvalue weighted by atomic mass is 35.5. The number of nitrogens with zero attached hydrogens (tertiary/aromatic N) is 3. The predicted molar refractivity (Wildman–Crippen MR) is 138 cm³/mol. The fourth-order valence-electron chi connectivity index (χ4n) is 5.36. The summed E-state index contributed by atoms with van der Waals surface area (Å²) in [4.78, 5) is 40.7. The Hall–Kier alpha value is -4.43. The molecule has 2 amide bonds. The third kappa shape index (κ3) is 3.22. The van der Waals surface area contributed by atoms with Crippen LogP contribution in [-0.2, 0) is 22.4 Å².